The van der Waals surface area contributed by atoms with E-state index in [-0.39, 0.29) is 24.2 Å². The monoisotopic (exact) mass is 241 g/mol. The molecule has 0 aliphatic heterocycles. The summed E-state index contributed by atoms with van der Waals surface area (Å²) in [5.41, 5.74) is 0.852. The van der Waals surface area contributed by atoms with Crippen molar-refractivity contribution in [3.63, 3.8) is 0 Å². The second-order valence-corrected chi connectivity index (χ2v) is 4.11. The van der Waals surface area contributed by atoms with Crippen LogP contribution in [0.15, 0.2) is 18.2 Å². The second kappa shape index (κ2) is 6.57. The molecular weight excluding hydrogens is 221 g/mol. The smallest absolute Gasteiger partial charge is 0.165 e. The predicted octanol–water partition coefficient (Wildman–Crippen LogP) is 2.21. The van der Waals surface area contributed by atoms with Crippen LogP contribution in [-0.2, 0) is 0 Å². The van der Waals surface area contributed by atoms with Crippen molar-refractivity contribution in [3.05, 3.63) is 29.6 Å². The summed E-state index contributed by atoms with van der Waals surface area (Å²) in [6, 6.07) is 4.98. The lowest BCUT2D eigenvalue weighted by Gasteiger charge is -2.24. The molecule has 1 aromatic carbocycles. The van der Waals surface area contributed by atoms with Crippen molar-refractivity contribution in [3.8, 4) is 5.75 Å². The number of ether oxygens (including phenoxy) is 1. The Labute approximate surface area is 102 Å². The van der Waals surface area contributed by atoms with Gasteiger partial charge in [-0.2, -0.15) is 0 Å². The summed E-state index contributed by atoms with van der Waals surface area (Å²) >= 11 is 0. The van der Waals surface area contributed by atoms with Crippen molar-refractivity contribution < 1.29 is 14.2 Å². The molecule has 0 spiro atoms. The van der Waals surface area contributed by atoms with Crippen LogP contribution in [0.4, 0.5) is 4.39 Å². The zero-order valence-electron chi connectivity index (χ0n) is 10.6. The van der Waals surface area contributed by atoms with E-state index in [0.717, 1.165) is 5.56 Å². The Morgan fingerprint density at radius 1 is 1.41 bits per heavy atom. The van der Waals surface area contributed by atoms with Crippen molar-refractivity contribution in [2.24, 2.45) is 0 Å². The number of hydrogen-bond acceptors (Lipinski definition) is 3. The zero-order chi connectivity index (χ0) is 12.8. The van der Waals surface area contributed by atoms with Crippen molar-refractivity contribution in [1.29, 1.82) is 0 Å². The molecule has 0 heterocycles. The van der Waals surface area contributed by atoms with E-state index in [0.29, 0.717) is 13.0 Å². The third kappa shape index (κ3) is 3.68. The molecule has 0 saturated carbocycles. The van der Waals surface area contributed by atoms with Crippen LogP contribution >= 0.6 is 0 Å². The SMILES string of the molecule is CCOc1ccc(C(CCO)N(C)C)cc1F. The number of aliphatic hydroxyl groups excluding tert-OH is 1. The Morgan fingerprint density at radius 3 is 2.59 bits per heavy atom. The summed E-state index contributed by atoms with van der Waals surface area (Å²) in [5, 5.41) is 9.01. The Kier molecular flexibility index (Phi) is 5.38. The maximum absolute atomic E-state index is 13.7. The molecule has 0 saturated heterocycles. The van der Waals surface area contributed by atoms with Gasteiger partial charge in [0.25, 0.3) is 0 Å². The molecule has 17 heavy (non-hydrogen) atoms. The van der Waals surface area contributed by atoms with Gasteiger partial charge in [-0.15, -0.1) is 0 Å². The standard InChI is InChI=1S/C13H20FNO2/c1-4-17-13-6-5-10(9-11(13)14)12(7-8-16)15(2)3/h5-6,9,12,16H,4,7-8H2,1-3H3. The minimum absolute atomic E-state index is 0.0187. The van der Waals surface area contributed by atoms with E-state index in [9.17, 15) is 4.39 Å². The maximum atomic E-state index is 13.7. The number of benzene rings is 1. The molecule has 0 bridgehead atoms. The summed E-state index contributed by atoms with van der Waals surface area (Å²) in [6.07, 6.45) is 0.584. The topological polar surface area (TPSA) is 32.7 Å². The van der Waals surface area contributed by atoms with Crippen molar-refractivity contribution >= 4 is 0 Å². The summed E-state index contributed by atoms with van der Waals surface area (Å²) in [7, 11) is 3.82. The van der Waals surface area contributed by atoms with Gasteiger partial charge in [0, 0.05) is 12.6 Å². The van der Waals surface area contributed by atoms with Crippen LogP contribution in [0.3, 0.4) is 0 Å². The summed E-state index contributed by atoms with van der Waals surface area (Å²) in [5.74, 6) is -0.0769. The van der Waals surface area contributed by atoms with Crippen LogP contribution in [0.5, 0.6) is 5.75 Å². The molecule has 0 fully saturated rings. The summed E-state index contributed by atoms with van der Waals surface area (Å²) in [4.78, 5) is 1.96. The molecule has 0 aliphatic rings. The minimum Gasteiger partial charge on any atom is -0.491 e. The molecular formula is C13H20FNO2. The van der Waals surface area contributed by atoms with E-state index in [1.54, 1.807) is 6.07 Å². The van der Waals surface area contributed by atoms with Gasteiger partial charge in [-0.05, 0) is 45.1 Å². The first-order chi connectivity index (χ1) is 8.10. The quantitative estimate of drug-likeness (QED) is 0.829. The molecule has 1 N–H and O–H groups in total. The van der Waals surface area contributed by atoms with E-state index in [4.69, 9.17) is 9.84 Å². The average molecular weight is 241 g/mol. The zero-order valence-corrected chi connectivity index (χ0v) is 10.6. The van der Waals surface area contributed by atoms with Gasteiger partial charge in [0.2, 0.25) is 0 Å². The van der Waals surface area contributed by atoms with Crippen LogP contribution < -0.4 is 4.74 Å². The lowest BCUT2D eigenvalue weighted by molar-refractivity contribution is 0.210. The van der Waals surface area contributed by atoms with Crippen LogP contribution in [0.25, 0.3) is 0 Å². The van der Waals surface area contributed by atoms with Crippen molar-refractivity contribution in [2.45, 2.75) is 19.4 Å². The van der Waals surface area contributed by atoms with Crippen LogP contribution in [0, 0.1) is 5.82 Å². The highest BCUT2D eigenvalue weighted by Crippen LogP contribution is 2.26. The third-order valence-corrected chi connectivity index (χ3v) is 2.67. The molecule has 4 heteroatoms. The van der Waals surface area contributed by atoms with Crippen LogP contribution in [0.2, 0.25) is 0 Å². The van der Waals surface area contributed by atoms with Gasteiger partial charge < -0.3 is 14.7 Å². The number of rotatable bonds is 6. The largest absolute Gasteiger partial charge is 0.491 e. The molecule has 1 atom stereocenters. The molecule has 3 nitrogen and oxygen atoms in total. The highest BCUT2D eigenvalue weighted by atomic mass is 19.1. The third-order valence-electron chi connectivity index (χ3n) is 2.67. The van der Waals surface area contributed by atoms with Gasteiger partial charge in [0.15, 0.2) is 11.6 Å². The first-order valence-electron chi connectivity index (χ1n) is 5.79. The number of halogens is 1. The highest BCUT2D eigenvalue weighted by molar-refractivity contribution is 5.31. The maximum Gasteiger partial charge on any atom is 0.165 e. The van der Waals surface area contributed by atoms with Gasteiger partial charge in [-0.3, -0.25) is 0 Å². The fraction of sp³-hybridized carbons (Fsp3) is 0.538. The first-order valence-corrected chi connectivity index (χ1v) is 5.79. The Morgan fingerprint density at radius 2 is 2.12 bits per heavy atom. The lowest BCUT2D eigenvalue weighted by atomic mass is 10.0. The second-order valence-electron chi connectivity index (χ2n) is 4.11. The molecule has 1 rings (SSSR count). The van der Waals surface area contributed by atoms with Crippen molar-refractivity contribution in [2.75, 3.05) is 27.3 Å². The van der Waals surface area contributed by atoms with E-state index < -0.39 is 0 Å². The molecule has 96 valence electrons. The van der Waals surface area contributed by atoms with E-state index in [1.807, 2.05) is 32.0 Å². The normalized spacial score (nSPS) is 12.8. The van der Waals surface area contributed by atoms with Gasteiger partial charge in [0.1, 0.15) is 0 Å². The number of aliphatic hydroxyl groups is 1. The fourth-order valence-corrected chi connectivity index (χ4v) is 1.84. The Hall–Kier alpha value is -1.13. The Balaban J connectivity index is 2.93. The molecule has 1 unspecified atom stereocenters. The van der Waals surface area contributed by atoms with E-state index in [2.05, 4.69) is 0 Å². The van der Waals surface area contributed by atoms with Crippen LogP contribution in [-0.4, -0.2) is 37.3 Å². The molecule has 0 aliphatic carbocycles. The molecule has 1 aromatic rings. The summed E-state index contributed by atoms with van der Waals surface area (Å²) < 4.78 is 18.8. The van der Waals surface area contributed by atoms with E-state index in [1.165, 1.54) is 6.07 Å². The predicted molar refractivity (Wildman–Crippen MR) is 65.7 cm³/mol. The summed E-state index contributed by atoms with van der Waals surface area (Å²) in [6.45, 7) is 2.35. The molecule has 0 amide bonds. The van der Waals surface area contributed by atoms with Crippen LogP contribution in [0.1, 0.15) is 24.9 Å². The van der Waals surface area contributed by atoms with Gasteiger partial charge in [-0.25, -0.2) is 4.39 Å². The molecule has 0 aromatic heterocycles. The lowest BCUT2D eigenvalue weighted by Crippen LogP contribution is -2.21. The van der Waals surface area contributed by atoms with E-state index >= 15 is 0 Å². The average Bonchev–Trinajstić information content (AvgIpc) is 2.28. The van der Waals surface area contributed by atoms with Gasteiger partial charge >= 0.3 is 0 Å². The van der Waals surface area contributed by atoms with Crippen molar-refractivity contribution in [1.82, 2.24) is 4.90 Å². The Bertz CT molecular complexity index is 355. The highest BCUT2D eigenvalue weighted by Gasteiger charge is 2.15. The minimum atomic E-state index is -0.353. The molecule has 0 radical (unpaired) electrons. The number of hydrogen-bond donors (Lipinski definition) is 1. The van der Waals surface area contributed by atoms with Gasteiger partial charge in [0.05, 0.1) is 6.61 Å². The number of nitrogens with zero attached hydrogens (tertiary/aromatic N) is 1. The first kappa shape index (κ1) is 13.9. The fourth-order valence-electron chi connectivity index (χ4n) is 1.84. The van der Waals surface area contributed by atoms with Gasteiger partial charge in [-0.1, -0.05) is 6.07 Å².